The van der Waals surface area contributed by atoms with E-state index in [1.165, 1.54) is 33.4 Å². The average Bonchev–Trinajstić information content (AvgIpc) is 0.839. The van der Waals surface area contributed by atoms with Gasteiger partial charge >= 0.3 is 98.9 Å². The van der Waals surface area contributed by atoms with Crippen LogP contribution in [0.3, 0.4) is 0 Å². The number of phenols is 6. The number of nitrogens with zero attached hydrogens (tertiary/aromatic N) is 3. The molecule has 6 aromatic carbocycles. The molecule has 816 valence electrons. The third kappa shape index (κ3) is 47.8. The van der Waals surface area contributed by atoms with Gasteiger partial charge in [-0.25, -0.2) is 0 Å². The molecule has 6 radical (unpaired) electrons. The van der Waals surface area contributed by atoms with Crippen molar-refractivity contribution in [2.24, 2.45) is 32.5 Å². The Morgan fingerprint density at radius 1 is 0.227 bits per heavy atom. The van der Waals surface area contributed by atoms with Crippen molar-refractivity contribution < 1.29 is 130 Å². The normalized spacial score (nSPS) is 17.9. The maximum Gasteiger partial charge on any atom is 3.00 e. The number of phenolic OH excluding ortho intramolecular Hbond substituents is 6. The van der Waals surface area contributed by atoms with Gasteiger partial charge in [-0.2, -0.15) is 0 Å². The van der Waals surface area contributed by atoms with Crippen LogP contribution in [0.15, 0.2) is 72.8 Å². The average molecular weight is 2230 g/mol. The summed E-state index contributed by atoms with van der Waals surface area (Å²) in [4.78, 5) is 7.44. The molecule has 3 aliphatic heterocycles. The molecule has 0 spiro atoms. The SMILES string of the molecule is CCCCN1Cc2cc(C(C)(C)C)cc(c2O)CNCC(C)(C)CNCc2cc(C(C)(C)C)cc(c2O)CNCC(C)(C)C1.CCCN1Cc2cc(C(C)(C)C)cc(c2O)CNCC(C)(C)CNCc2cc(C(C)(C)C)cc(c2O)CNCC(C)(C)C1.CCN1Cc2cc(C(C)(C)C)cc(c2O)CNCC(C)(C)CNCc2cc(C(C)(C)C)cc(c2O)CNCC(C)(C)C1.[CH3-].[CH3-].[CH3-].[CH3-].[CH3-].[CH3-].[Ni+3].[Ni+3].[Ni+3].[Ni+3].[Ni+3].[Ni+3]. The van der Waals surface area contributed by atoms with Crippen molar-refractivity contribution >= 4 is 0 Å². The molecular weight excluding hydrogens is 2020 g/mol. The molecule has 3 aliphatic rings. The Morgan fingerprint density at radius 3 is 0.539 bits per heavy atom. The van der Waals surface area contributed by atoms with Crippen molar-refractivity contribution in [3.63, 3.8) is 0 Å². The predicted molar refractivity (Wildman–Crippen MR) is 584 cm³/mol. The summed E-state index contributed by atoms with van der Waals surface area (Å²) in [5.41, 5.74) is 19.0. The molecule has 141 heavy (non-hydrogen) atoms. The van der Waals surface area contributed by atoms with Gasteiger partial charge in [-0.3, -0.25) is 14.7 Å². The van der Waals surface area contributed by atoms with E-state index in [4.69, 9.17) is 0 Å². The van der Waals surface area contributed by atoms with E-state index in [0.29, 0.717) is 106 Å². The molecule has 6 aromatic rings. The van der Waals surface area contributed by atoms with Crippen molar-refractivity contribution in [3.8, 4) is 34.5 Å². The van der Waals surface area contributed by atoms with Gasteiger partial charge in [0.25, 0.3) is 0 Å². The number of aromatic hydroxyl groups is 6. The third-order valence-electron chi connectivity index (χ3n) is 26.0. The Balaban J connectivity index is -0.000000465. The Morgan fingerprint density at radius 2 is 0.376 bits per heavy atom. The quantitative estimate of drug-likeness (QED) is 0.0548. The van der Waals surface area contributed by atoms with Crippen LogP contribution in [-0.4, -0.2) is 144 Å². The zero-order chi connectivity index (χ0) is 96.7. The fourth-order valence-corrected chi connectivity index (χ4v) is 17.9. The van der Waals surface area contributed by atoms with Gasteiger partial charge in [-0.05, 0) is 131 Å². The Labute approximate surface area is 926 Å². The second-order valence-corrected chi connectivity index (χ2v) is 49.9. The molecule has 0 saturated carbocycles. The molecule has 0 aliphatic carbocycles. The smallest absolute Gasteiger partial charge is 0.507 e. The van der Waals surface area contributed by atoms with Crippen molar-refractivity contribution in [1.82, 2.24) is 62.6 Å². The summed E-state index contributed by atoms with van der Waals surface area (Å²) in [6, 6.07) is 26.2. The number of fused-ring (bicyclic) bond motifs is 12. The van der Waals surface area contributed by atoms with Crippen molar-refractivity contribution in [2.45, 2.75) is 359 Å². The molecule has 0 fully saturated rings. The number of nitrogens with one attached hydrogen (secondary N) is 9. The first-order valence-corrected chi connectivity index (χ1v) is 49.1. The van der Waals surface area contributed by atoms with E-state index < -0.39 is 0 Å². The van der Waals surface area contributed by atoms with Gasteiger partial charge in [0, 0.05) is 224 Å². The van der Waals surface area contributed by atoms with Gasteiger partial charge in [0.15, 0.2) is 0 Å². The van der Waals surface area contributed by atoms with Gasteiger partial charge in [0.2, 0.25) is 0 Å². The first-order chi connectivity index (χ1) is 59.4. The summed E-state index contributed by atoms with van der Waals surface area (Å²) in [7, 11) is 0. The number of rotatable bonds is 6. The third-order valence-corrected chi connectivity index (χ3v) is 26.0. The standard InChI is InChI=1S/C38H64N4O2.C37H62N4O2.C36H60N4O2.6CH3.6Ni/c1-12-13-14-42-22-30-18-32(36(5,6)7)17-29(34(30)44)21-40-24-37(8,9)23-39-19-27-15-31(35(2,3)4)16-28(33(27)43)20-41-25-38(10,11)26-42;1-12-13-41-21-29-17-31(35(5,6)7)16-28(33(29)43)20-39-23-36(8,9)22-38-18-26-14-30(34(2,3)4)15-27(32(26)42)19-40-24-37(10,11)25-41;1-12-40-20-28-16-30(34(5,6)7)15-27(32(28)42)19-38-22-35(8,9)21-37-17-25-13-29(33(2,3)4)14-26(31(25)41)18-39-23-36(10,11)24-40;;;;;;;;;;;;/h15-18,39-41,43-44H,12-14,19-26H2,1-11H3;14-17,38-40,42-43H,12-13,18-25H2,1-11H3;13-16,37-39,41-42H,12,17-24H2,1-11H3;6*1H3;;;;;;/q;;;6*-1;6*+3. The molecule has 0 atom stereocenters. The van der Waals surface area contributed by atoms with E-state index in [2.05, 4.69) is 364 Å². The summed E-state index contributed by atoms with van der Waals surface area (Å²) >= 11 is 0. The van der Waals surface area contributed by atoms with E-state index >= 15 is 0 Å². The van der Waals surface area contributed by atoms with Crippen LogP contribution in [0.2, 0.25) is 0 Å². The van der Waals surface area contributed by atoms with Crippen molar-refractivity contribution in [2.75, 3.05) is 98.2 Å². The maximum atomic E-state index is 11.6. The molecule has 12 bridgehead atoms. The minimum atomic E-state index is -0.0227. The summed E-state index contributed by atoms with van der Waals surface area (Å²) < 4.78 is 0. The molecule has 3 heterocycles. The molecular formula is C117H204N12Ni6O6+12. The van der Waals surface area contributed by atoms with Crippen LogP contribution in [-0.2, 0) is 210 Å². The number of benzene rings is 6. The monoisotopic (exact) mass is 2220 g/mol. The van der Waals surface area contributed by atoms with Crippen molar-refractivity contribution in [3.05, 3.63) is 217 Å². The summed E-state index contributed by atoms with van der Waals surface area (Å²) in [5, 5.41) is 101. The molecule has 0 saturated heterocycles. The van der Waals surface area contributed by atoms with Crippen LogP contribution in [0.1, 0.15) is 348 Å². The minimum absolute atomic E-state index is 0. The Bertz CT molecular complexity index is 4610. The van der Waals surface area contributed by atoms with Crippen LogP contribution in [0, 0.1) is 77.0 Å². The molecule has 9 rings (SSSR count). The number of hydrogen-bond acceptors (Lipinski definition) is 18. The van der Waals surface area contributed by atoms with Gasteiger partial charge in [-0.15, -0.1) is 0 Å². The largest absolute Gasteiger partial charge is 3.00 e. The molecule has 24 heteroatoms. The van der Waals surface area contributed by atoms with Gasteiger partial charge < -0.3 is 123 Å². The maximum absolute atomic E-state index is 11.6. The molecule has 15 N–H and O–H groups in total. The van der Waals surface area contributed by atoms with Crippen LogP contribution >= 0.6 is 0 Å². The number of unbranched alkanes of at least 4 members (excludes halogenated alkanes) is 1. The fourth-order valence-electron chi connectivity index (χ4n) is 17.9. The van der Waals surface area contributed by atoms with E-state index in [1.54, 1.807) is 0 Å². The second kappa shape index (κ2) is 62.4. The minimum Gasteiger partial charge on any atom is -0.507 e. The van der Waals surface area contributed by atoms with Crippen molar-refractivity contribution in [1.29, 1.82) is 0 Å². The molecule has 18 nitrogen and oxygen atoms in total. The predicted octanol–water partition coefficient (Wildman–Crippen LogP) is 23.5. The molecule has 0 aromatic heterocycles. The topological polar surface area (TPSA) is 239 Å². The van der Waals surface area contributed by atoms with Crippen LogP contribution in [0.25, 0.3) is 0 Å². The van der Waals surface area contributed by atoms with E-state index in [9.17, 15) is 30.6 Å². The van der Waals surface area contributed by atoms with E-state index in [0.717, 1.165) is 191 Å². The molecule has 0 amide bonds. The summed E-state index contributed by atoms with van der Waals surface area (Å²) in [5.74, 6) is 2.45. The zero-order valence-corrected chi connectivity index (χ0v) is 101. The Hall–Kier alpha value is -3.40. The Kier molecular flexibility index (Phi) is 65.6. The fraction of sp³-hybridized carbons (Fsp3) is 0.641. The van der Waals surface area contributed by atoms with E-state index in [-0.39, 0.29) is 208 Å². The van der Waals surface area contributed by atoms with Crippen LogP contribution in [0.5, 0.6) is 34.5 Å². The van der Waals surface area contributed by atoms with Gasteiger partial charge in [0.1, 0.15) is 34.5 Å². The second-order valence-electron chi connectivity index (χ2n) is 49.9. The summed E-state index contributed by atoms with van der Waals surface area (Å²) in [6.07, 6.45) is 3.31. The van der Waals surface area contributed by atoms with Crippen LogP contribution < -0.4 is 47.9 Å². The van der Waals surface area contributed by atoms with Gasteiger partial charge in [0.05, 0.1) is 0 Å². The zero-order valence-electron chi connectivity index (χ0n) is 95.6. The van der Waals surface area contributed by atoms with Gasteiger partial charge in [-0.1, -0.05) is 308 Å². The van der Waals surface area contributed by atoms with E-state index in [1.807, 2.05) is 0 Å². The molecule has 0 unspecified atom stereocenters. The summed E-state index contributed by atoms with van der Waals surface area (Å²) in [6.45, 7) is 94.8. The first kappa shape index (κ1) is 148. The van der Waals surface area contributed by atoms with Crippen LogP contribution in [0.4, 0.5) is 0 Å². The number of hydrogen-bond donors (Lipinski definition) is 15. The first-order valence-electron chi connectivity index (χ1n) is 49.1.